The van der Waals surface area contributed by atoms with Gasteiger partial charge in [0.15, 0.2) is 0 Å². The fourth-order valence-electron chi connectivity index (χ4n) is 4.22. The van der Waals surface area contributed by atoms with Crippen molar-refractivity contribution in [2.45, 2.75) is 38.2 Å². The Hall–Kier alpha value is -2.96. The van der Waals surface area contributed by atoms with Crippen LogP contribution < -0.4 is 19.7 Å². The van der Waals surface area contributed by atoms with Gasteiger partial charge >= 0.3 is 0 Å². The predicted molar refractivity (Wildman–Crippen MR) is 146 cm³/mol. The number of alkyl halides is 2. The first-order valence-electron chi connectivity index (χ1n) is 11.9. The quantitative estimate of drug-likeness (QED) is 0.349. The van der Waals surface area contributed by atoms with Crippen molar-refractivity contribution in [1.82, 2.24) is 4.98 Å². The molecule has 5 rings (SSSR count). The topological polar surface area (TPSA) is 101 Å². The molecule has 2 aliphatic rings. The van der Waals surface area contributed by atoms with E-state index in [0.717, 1.165) is 30.4 Å². The van der Waals surface area contributed by atoms with E-state index in [1.165, 1.54) is 29.5 Å². The Morgan fingerprint density at radius 2 is 1.89 bits per heavy atom. The Bertz CT molecular complexity index is 1500. The summed E-state index contributed by atoms with van der Waals surface area (Å²) in [6.07, 6.45) is 5.51. The lowest BCUT2D eigenvalue weighted by atomic mass is 9.96. The first-order chi connectivity index (χ1) is 17.8. The molecule has 1 aliphatic heterocycles. The molecule has 1 saturated heterocycles. The summed E-state index contributed by atoms with van der Waals surface area (Å²) in [5.74, 6) is -2.61. The second-order valence-corrected chi connectivity index (χ2v) is 13.0. The number of rotatable bonds is 8. The number of halogens is 3. The van der Waals surface area contributed by atoms with Crippen molar-refractivity contribution in [2.24, 2.45) is 0 Å². The number of pyridine rings is 1. The van der Waals surface area contributed by atoms with Crippen LogP contribution in [0.3, 0.4) is 0 Å². The van der Waals surface area contributed by atoms with Gasteiger partial charge in [-0.05, 0) is 50.5 Å². The fourth-order valence-corrected chi connectivity index (χ4v) is 5.92. The van der Waals surface area contributed by atoms with Crippen LogP contribution >= 0.6 is 22.9 Å². The predicted octanol–water partition coefficient (Wildman–Crippen LogP) is 5.78. The minimum Gasteiger partial charge on any atom is -0.488 e. The van der Waals surface area contributed by atoms with Crippen LogP contribution in [0.5, 0.6) is 5.75 Å². The van der Waals surface area contributed by atoms with Gasteiger partial charge in [0.05, 0.1) is 47.9 Å². The average molecular weight is 583 g/mol. The van der Waals surface area contributed by atoms with E-state index in [4.69, 9.17) is 16.3 Å². The molecule has 202 valence electrons. The van der Waals surface area contributed by atoms with Gasteiger partial charge in [-0.15, -0.1) is 11.3 Å². The monoisotopic (exact) mass is 582 g/mol. The number of carbonyl (C=O) groups is 1. The van der Waals surface area contributed by atoms with Crippen molar-refractivity contribution in [2.75, 3.05) is 34.3 Å². The zero-order valence-electron chi connectivity index (χ0n) is 20.6. The summed E-state index contributed by atoms with van der Waals surface area (Å²) in [5.41, 5.74) is 2.37. The molecule has 1 aromatic carbocycles. The van der Waals surface area contributed by atoms with Crippen molar-refractivity contribution in [1.29, 1.82) is 0 Å². The number of nitrogens with zero attached hydrogens (tertiary/aromatic N) is 2. The number of benzene rings is 1. The maximum atomic E-state index is 13.4. The van der Waals surface area contributed by atoms with E-state index in [-0.39, 0.29) is 29.9 Å². The van der Waals surface area contributed by atoms with E-state index in [9.17, 15) is 22.0 Å². The van der Waals surface area contributed by atoms with Gasteiger partial charge in [-0.3, -0.25) is 14.5 Å². The van der Waals surface area contributed by atoms with E-state index in [2.05, 4.69) is 15.0 Å². The highest BCUT2D eigenvalue weighted by Crippen LogP contribution is 2.41. The summed E-state index contributed by atoms with van der Waals surface area (Å²) >= 11 is 7.37. The van der Waals surface area contributed by atoms with Gasteiger partial charge in [0, 0.05) is 27.2 Å². The maximum absolute atomic E-state index is 13.4. The molecule has 0 atom stereocenters. The minimum absolute atomic E-state index is 0.0444. The molecule has 1 amide bonds. The second-order valence-electron chi connectivity index (χ2n) is 9.56. The lowest BCUT2D eigenvalue weighted by Gasteiger charge is -2.40. The van der Waals surface area contributed by atoms with Crippen molar-refractivity contribution in [3.63, 3.8) is 0 Å². The summed E-state index contributed by atoms with van der Waals surface area (Å²) in [4.78, 5) is 20.4. The van der Waals surface area contributed by atoms with Crippen LogP contribution in [0.1, 0.15) is 33.8 Å². The number of thiophene rings is 1. The standard InChI is InChI=1S/C25H25ClF2N4O4S2/c1-14-20(10-22(37-14)24(33)30-16-6-15(26)7-17(8-16)31-38(2,34)35)23-21(36-19-4-3-5-19)9-18(11-29-23)32-12-25(27,28)13-32/h6-11,19,31H,3-5,12-13H2,1-2H3,(H,30,33). The smallest absolute Gasteiger partial charge is 0.282 e. The molecule has 0 unspecified atom stereocenters. The van der Waals surface area contributed by atoms with E-state index >= 15 is 0 Å². The molecular formula is C25H25ClF2N4O4S2. The normalized spacial score (nSPS) is 16.9. The molecule has 13 heteroatoms. The highest BCUT2D eigenvalue weighted by atomic mass is 35.5. The summed E-state index contributed by atoms with van der Waals surface area (Å²) in [6, 6.07) is 7.87. The van der Waals surface area contributed by atoms with E-state index in [1.54, 1.807) is 23.2 Å². The van der Waals surface area contributed by atoms with Gasteiger partial charge in [-0.2, -0.15) is 0 Å². The van der Waals surface area contributed by atoms with Gasteiger partial charge < -0.3 is 15.0 Å². The molecule has 2 N–H and O–H groups in total. The second kappa shape index (κ2) is 9.97. The van der Waals surface area contributed by atoms with Gasteiger partial charge in [0.25, 0.3) is 11.8 Å². The third-order valence-electron chi connectivity index (χ3n) is 6.25. The van der Waals surface area contributed by atoms with Crippen molar-refractivity contribution in [3.05, 3.63) is 51.3 Å². The largest absolute Gasteiger partial charge is 0.488 e. The summed E-state index contributed by atoms with van der Waals surface area (Å²) in [6.45, 7) is 1.15. The number of hydrogen-bond acceptors (Lipinski definition) is 7. The molecule has 1 aliphatic carbocycles. The van der Waals surface area contributed by atoms with Crippen molar-refractivity contribution >= 4 is 55.9 Å². The molecule has 3 aromatic rings. The van der Waals surface area contributed by atoms with Crippen LogP contribution in [-0.4, -0.2) is 50.7 Å². The third-order valence-corrected chi connectivity index (χ3v) is 8.12. The van der Waals surface area contributed by atoms with Gasteiger partial charge in [0.1, 0.15) is 11.4 Å². The van der Waals surface area contributed by atoms with Crippen LogP contribution in [0.15, 0.2) is 36.5 Å². The highest BCUT2D eigenvalue weighted by Gasteiger charge is 2.44. The minimum atomic E-state index is -3.53. The zero-order chi connectivity index (χ0) is 27.2. The summed E-state index contributed by atoms with van der Waals surface area (Å²) in [7, 11) is -3.53. The van der Waals surface area contributed by atoms with Gasteiger partial charge in [-0.1, -0.05) is 11.6 Å². The van der Waals surface area contributed by atoms with Crippen molar-refractivity contribution < 1.29 is 26.7 Å². The Morgan fingerprint density at radius 1 is 1.18 bits per heavy atom. The van der Waals surface area contributed by atoms with Crippen LogP contribution in [0.4, 0.5) is 25.8 Å². The molecule has 2 fully saturated rings. The molecule has 0 radical (unpaired) electrons. The van der Waals surface area contributed by atoms with Gasteiger partial charge in [-0.25, -0.2) is 17.2 Å². The van der Waals surface area contributed by atoms with Crippen LogP contribution in [0, 0.1) is 6.92 Å². The molecule has 38 heavy (non-hydrogen) atoms. The number of ether oxygens (including phenoxy) is 1. The van der Waals surface area contributed by atoms with Crippen LogP contribution in [0.25, 0.3) is 11.3 Å². The van der Waals surface area contributed by atoms with Crippen molar-refractivity contribution in [3.8, 4) is 17.0 Å². The Balaban J connectivity index is 1.40. The summed E-state index contributed by atoms with van der Waals surface area (Å²) < 4.78 is 58.5. The number of sulfonamides is 1. The summed E-state index contributed by atoms with van der Waals surface area (Å²) in [5, 5.41) is 3.00. The molecular weight excluding hydrogens is 558 g/mol. The lowest BCUT2D eigenvalue weighted by Crippen LogP contribution is -2.56. The highest BCUT2D eigenvalue weighted by molar-refractivity contribution is 7.92. The fraction of sp³-hybridized carbons (Fsp3) is 0.360. The Kier molecular flexibility index (Phi) is 6.99. The third kappa shape index (κ3) is 6.02. The maximum Gasteiger partial charge on any atom is 0.282 e. The molecule has 3 heterocycles. The molecule has 1 saturated carbocycles. The lowest BCUT2D eigenvalue weighted by molar-refractivity contribution is -0.0263. The number of amides is 1. The molecule has 0 spiro atoms. The Labute approximate surface area is 228 Å². The van der Waals surface area contributed by atoms with Crippen LogP contribution in [-0.2, 0) is 10.0 Å². The number of aryl methyl sites for hydroxylation is 1. The zero-order valence-corrected chi connectivity index (χ0v) is 22.9. The first-order valence-corrected chi connectivity index (χ1v) is 14.9. The van der Waals surface area contributed by atoms with Crippen LogP contribution in [0.2, 0.25) is 5.02 Å². The van der Waals surface area contributed by atoms with E-state index in [0.29, 0.717) is 33.3 Å². The number of nitrogens with one attached hydrogen (secondary N) is 2. The average Bonchev–Trinajstić information content (AvgIpc) is 3.14. The molecule has 2 aromatic heterocycles. The number of hydrogen-bond donors (Lipinski definition) is 2. The first kappa shape index (κ1) is 26.6. The number of aromatic nitrogens is 1. The molecule has 0 bridgehead atoms. The van der Waals surface area contributed by atoms with E-state index in [1.807, 2.05) is 6.92 Å². The number of carbonyl (C=O) groups excluding carboxylic acids is 1. The Morgan fingerprint density at radius 3 is 2.53 bits per heavy atom. The van der Waals surface area contributed by atoms with E-state index < -0.39 is 21.9 Å². The molecule has 8 nitrogen and oxygen atoms in total. The SMILES string of the molecule is Cc1sc(C(=O)Nc2cc(Cl)cc(NS(C)(=O)=O)c2)cc1-c1ncc(N2CC(F)(F)C2)cc1OC1CCC1. The number of anilines is 3. The van der Waals surface area contributed by atoms with Gasteiger partial charge in [0.2, 0.25) is 10.0 Å².